The fourth-order valence-corrected chi connectivity index (χ4v) is 3.06. The van der Waals surface area contributed by atoms with E-state index >= 15 is 0 Å². The van der Waals surface area contributed by atoms with Gasteiger partial charge in [0.25, 0.3) is 0 Å². The Morgan fingerprint density at radius 1 is 1.20 bits per heavy atom. The van der Waals surface area contributed by atoms with Gasteiger partial charge in [0.1, 0.15) is 12.4 Å². The van der Waals surface area contributed by atoms with Crippen LogP contribution in [-0.4, -0.2) is 39.0 Å². The molecule has 2 aromatic rings. The predicted molar refractivity (Wildman–Crippen MR) is 96.6 cm³/mol. The Hall–Kier alpha value is -1.95. The van der Waals surface area contributed by atoms with Crippen molar-refractivity contribution in [2.75, 3.05) is 34.1 Å². The van der Waals surface area contributed by atoms with E-state index in [9.17, 15) is 0 Å². The summed E-state index contributed by atoms with van der Waals surface area (Å²) in [6, 6.07) is 11.5. The summed E-state index contributed by atoms with van der Waals surface area (Å²) in [5.74, 6) is 2.37. The normalized spacial score (nSPS) is 13.3. The average molecular weight is 364 g/mol. The molecule has 1 aliphatic rings. The number of likely N-dealkylation sites (N-methyl/N-ethyl adjacent to an activating group) is 1. The van der Waals surface area contributed by atoms with E-state index in [1.54, 1.807) is 7.11 Å². The summed E-state index contributed by atoms with van der Waals surface area (Å²) in [7, 11) is 3.68. The van der Waals surface area contributed by atoms with Gasteiger partial charge in [0.05, 0.1) is 13.7 Å². The Bertz CT molecular complexity index is 723. The Balaban J connectivity index is 1.58. The number of hydrogen-bond acceptors (Lipinski definition) is 5. The predicted octanol–water partition coefficient (Wildman–Crippen LogP) is 3.73. The zero-order valence-corrected chi connectivity index (χ0v) is 15.2. The number of fused-ring (bicyclic) bond motifs is 1. The summed E-state index contributed by atoms with van der Waals surface area (Å²) in [6.45, 7) is 2.85. The Labute approximate surface area is 153 Å². The van der Waals surface area contributed by atoms with Crippen molar-refractivity contribution >= 4 is 11.6 Å². The molecule has 134 valence electrons. The van der Waals surface area contributed by atoms with Gasteiger partial charge in [0.15, 0.2) is 18.3 Å². The maximum Gasteiger partial charge on any atom is 0.189 e. The van der Waals surface area contributed by atoms with Crippen LogP contribution in [0.4, 0.5) is 0 Å². The lowest BCUT2D eigenvalue weighted by molar-refractivity contribution is -0.0174. The Morgan fingerprint density at radius 2 is 2.00 bits per heavy atom. The monoisotopic (exact) mass is 363 g/mol. The Morgan fingerprint density at radius 3 is 2.80 bits per heavy atom. The van der Waals surface area contributed by atoms with E-state index < -0.39 is 0 Å². The molecule has 0 fully saturated rings. The van der Waals surface area contributed by atoms with Crippen molar-refractivity contribution in [3.63, 3.8) is 0 Å². The number of rotatable bonds is 7. The summed E-state index contributed by atoms with van der Waals surface area (Å²) in [6.07, 6.45) is 0. The molecule has 6 heteroatoms. The summed E-state index contributed by atoms with van der Waals surface area (Å²) in [5, 5.41) is 0.696. The summed E-state index contributed by atoms with van der Waals surface area (Å²) >= 11 is 6.21. The minimum Gasteiger partial charge on any atom is -0.493 e. The van der Waals surface area contributed by atoms with Gasteiger partial charge >= 0.3 is 0 Å². The van der Waals surface area contributed by atoms with Crippen LogP contribution in [0.15, 0.2) is 36.4 Å². The van der Waals surface area contributed by atoms with Crippen LogP contribution >= 0.6 is 11.6 Å². The quantitative estimate of drug-likeness (QED) is 0.749. The van der Waals surface area contributed by atoms with E-state index in [1.165, 1.54) is 0 Å². The fourth-order valence-electron chi connectivity index (χ4n) is 2.79. The van der Waals surface area contributed by atoms with Crippen molar-refractivity contribution < 1.29 is 18.9 Å². The number of ether oxygens (including phenoxy) is 4. The molecule has 0 bridgehead atoms. The molecule has 0 spiro atoms. The third-order valence-corrected chi connectivity index (χ3v) is 4.21. The molecule has 5 nitrogen and oxygen atoms in total. The van der Waals surface area contributed by atoms with Gasteiger partial charge in [-0.1, -0.05) is 23.7 Å². The topological polar surface area (TPSA) is 40.2 Å². The smallest absolute Gasteiger partial charge is 0.189 e. The first-order chi connectivity index (χ1) is 12.2. The molecule has 2 aromatic carbocycles. The zero-order chi connectivity index (χ0) is 17.6. The van der Waals surface area contributed by atoms with E-state index in [2.05, 4.69) is 4.90 Å². The highest BCUT2D eigenvalue weighted by molar-refractivity contribution is 6.30. The van der Waals surface area contributed by atoms with E-state index in [0.717, 1.165) is 41.5 Å². The van der Waals surface area contributed by atoms with Gasteiger partial charge in [0, 0.05) is 29.2 Å². The molecular weight excluding hydrogens is 342 g/mol. The van der Waals surface area contributed by atoms with Gasteiger partial charge in [0.2, 0.25) is 0 Å². The van der Waals surface area contributed by atoms with Crippen molar-refractivity contribution in [1.29, 1.82) is 0 Å². The summed E-state index contributed by atoms with van der Waals surface area (Å²) in [5.41, 5.74) is 2.05. The van der Waals surface area contributed by atoms with Crippen LogP contribution in [0.3, 0.4) is 0 Å². The van der Waals surface area contributed by atoms with Gasteiger partial charge in [-0.3, -0.25) is 4.90 Å². The third-order valence-electron chi connectivity index (χ3n) is 3.99. The van der Waals surface area contributed by atoms with Crippen molar-refractivity contribution in [1.82, 2.24) is 4.90 Å². The second-order valence-electron chi connectivity index (χ2n) is 5.90. The molecule has 0 radical (unpaired) electrons. The largest absolute Gasteiger partial charge is 0.493 e. The van der Waals surface area contributed by atoms with Gasteiger partial charge in [-0.2, -0.15) is 0 Å². The minimum absolute atomic E-state index is 0.280. The molecule has 0 unspecified atom stereocenters. The maximum absolute atomic E-state index is 6.21. The Kier molecular flexibility index (Phi) is 6.02. The molecule has 0 saturated carbocycles. The summed E-state index contributed by atoms with van der Waals surface area (Å²) < 4.78 is 22.1. The standard InChI is InChI=1S/C19H22ClNO4/c1-21(7-8-24-18-6-4-3-5-17(18)22-2)11-14-9-16(20)10-15-12-23-13-25-19(14)15/h3-6,9-10H,7-8,11-13H2,1-2H3. The highest BCUT2D eigenvalue weighted by atomic mass is 35.5. The molecule has 25 heavy (non-hydrogen) atoms. The molecule has 1 heterocycles. The molecule has 1 aliphatic heterocycles. The highest BCUT2D eigenvalue weighted by Crippen LogP contribution is 2.32. The molecular formula is C19H22ClNO4. The molecule has 0 amide bonds. The lowest BCUT2D eigenvalue weighted by Gasteiger charge is -2.24. The van der Waals surface area contributed by atoms with E-state index in [4.69, 9.17) is 30.5 Å². The van der Waals surface area contributed by atoms with Crippen LogP contribution < -0.4 is 14.2 Å². The first-order valence-electron chi connectivity index (χ1n) is 8.13. The van der Waals surface area contributed by atoms with Crippen LogP contribution in [-0.2, 0) is 17.9 Å². The third kappa shape index (κ3) is 4.57. The van der Waals surface area contributed by atoms with Crippen LogP contribution in [0, 0.1) is 0 Å². The van der Waals surface area contributed by atoms with Crippen molar-refractivity contribution in [3.05, 3.63) is 52.5 Å². The van der Waals surface area contributed by atoms with Gasteiger partial charge in [-0.05, 0) is 31.3 Å². The van der Waals surface area contributed by atoms with Gasteiger partial charge < -0.3 is 18.9 Å². The lowest BCUT2D eigenvalue weighted by atomic mass is 10.1. The molecule has 0 aromatic heterocycles. The minimum atomic E-state index is 0.280. The van der Waals surface area contributed by atoms with Gasteiger partial charge in [-0.15, -0.1) is 0 Å². The summed E-state index contributed by atoms with van der Waals surface area (Å²) in [4.78, 5) is 2.17. The molecule has 3 rings (SSSR count). The maximum atomic E-state index is 6.21. The molecule has 0 aliphatic carbocycles. The van der Waals surface area contributed by atoms with E-state index in [1.807, 2.05) is 43.4 Å². The number of para-hydroxylation sites is 2. The fraction of sp³-hybridized carbons (Fsp3) is 0.368. The lowest BCUT2D eigenvalue weighted by Crippen LogP contribution is -2.25. The average Bonchev–Trinajstić information content (AvgIpc) is 2.62. The number of benzene rings is 2. The number of nitrogens with zero attached hydrogens (tertiary/aromatic N) is 1. The second-order valence-corrected chi connectivity index (χ2v) is 6.34. The van der Waals surface area contributed by atoms with Crippen LogP contribution in [0.25, 0.3) is 0 Å². The van der Waals surface area contributed by atoms with Crippen molar-refractivity contribution in [3.8, 4) is 17.2 Å². The molecule has 0 atom stereocenters. The van der Waals surface area contributed by atoms with Crippen LogP contribution in [0.5, 0.6) is 17.2 Å². The molecule has 0 N–H and O–H groups in total. The highest BCUT2D eigenvalue weighted by Gasteiger charge is 2.17. The van der Waals surface area contributed by atoms with E-state index in [-0.39, 0.29) is 6.79 Å². The first kappa shape index (κ1) is 17.9. The van der Waals surface area contributed by atoms with E-state index in [0.29, 0.717) is 18.2 Å². The second kappa shape index (κ2) is 8.43. The van der Waals surface area contributed by atoms with Gasteiger partial charge in [-0.25, -0.2) is 0 Å². The SMILES string of the molecule is COc1ccccc1OCCN(C)Cc1cc(Cl)cc2c1OCOC2. The number of methoxy groups -OCH3 is 1. The number of halogens is 1. The number of hydrogen-bond donors (Lipinski definition) is 0. The van der Waals surface area contributed by atoms with Crippen molar-refractivity contribution in [2.45, 2.75) is 13.2 Å². The first-order valence-corrected chi connectivity index (χ1v) is 8.51. The zero-order valence-electron chi connectivity index (χ0n) is 14.5. The van der Waals surface area contributed by atoms with Crippen LogP contribution in [0.2, 0.25) is 5.02 Å². The van der Waals surface area contributed by atoms with Crippen molar-refractivity contribution in [2.24, 2.45) is 0 Å². The molecule has 0 saturated heterocycles. The van der Waals surface area contributed by atoms with Crippen LogP contribution in [0.1, 0.15) is 11.1 Å².